The number of rotatable bonds is 6. The number of aryl methyl sites for hydroxylation is 2. The lowest BCUT2D eigenvalue weighted by Crippen LogP contribution is -2.44. The van der Waals surface area contributed by atoms with Gasteiger partial charge in [-0.3, -0.25) is 13.9 Å². The smallest absolute Gasteiger partial charge is 0.326 e. The van der Waals surface area contributed by atoms with Gasteiger partial charge < -0.3 is 10.3 Å². The molecule has 1 unspecified atom stereocenters. The van der Waals surface area contributed by atoms with Gasteiger partial charge in [-0.2, -0.15) is 0 Å². The van der Waals surface area contributed by atoms with E-state index in [4.69, 9.17) is 5.73 Å². The molecule has 2 N–H and O–H groups in total. The molecule has 2 aromatic heterocycles. The maximum Gasteiger partial charge on any atom is 0.332 e. The largest absolute Gasteiger partial charge is 0.332 e. The van der Waals surface area contributed by atoms with Crippen molar-refractivity contribution in [2.75, 3.05) is 0 Å². The Balaban J connectivity index is 2.78. The van der Waals surface area contributed by atoms with Crippen LogP contribution in [-0.4, -0.2) is 24.7 Å². The Bertz CT molecular complexity index is 740. The van der Waals surface area contributed by atoms with E-state index in [1.807, 2.05) is 20.8 Å². The van der Waals surface area contributed by atoms with Crippen LogP contribution in [-0.2, 0) is 19.6 Å². The Morgan fingerprint density at radius 2 is 1.95 bits per heavy atom. The number of nitrogens with zero attached hydrogens (tertiary/aromatic N) is 4. The molecule has 7 heteroatoms. The fourth-order valence-electron chi connectivity index (χ4n) is 2.43. The Hall–Kier alpha value is -1.89. The zero-order chi connectivity index (χ0) is 15.6. The van der Waals surface area contributed by atoms with E-state index in [1.54, 1.807) is 15.5 Å². The number of aromatic nitrogens is 4. The quantitative estimate of drug-likeness (QED) is 0.841. The van der Waals surface area contributed by atoms with Crippen LogP contribution < -0.4 is 17.0 Å². The molecule has 21 heavy (non-hydrogen) atoms. The summed E-state index contributed by atoms with van der Waals surface area (Å²) in [6.45, 7) is 7.28. The maximum absolute atomic E-state index is 12.6. The van der Waals surface area contributed by atoms with E-state index in [0.717, 1.165) is 6.42 Å². The Morgan fingerprint density at radius 1 is 1.24 bits per heavy atom. The lowest BCUT2D eigenvalue weighted by atomic mass is 10.2. The van der Waals surface area contributed by atoms with Gasteiger partial charge in [0.15, 0.2) is 11.2 Å². The van der Waals surface area contributed by atoms with Gasteiger partial charge >= 0.3 is 5.69 Å². The molecule has 0 saturated carbocycles. The molecule has 0 aliphatic rings. The van der Waals surface area contributed by atoms with Crippen molar-refractivity contribution in [2.24, 2.45) is 5.73 Å². The first-order valence-electron chi connectivity index (χ1n) is 7.49. The second kappa shape index (κ2) is 6.26. The highest BCUT2D eigenvalue weighted by Gasteiger charge is 2.18. The van der Waals surface area contributed by atoms with Crippen molar-refractivity contribution < 1.29 is 0 Å². The van der Waals surface area contributed by atoms with Crippen molar-refractivity contribution in [3.05, 3.63) is 27.2 Å². The highest BCUT2D eigenvalue weighted by Crippen LogP contribution is 2.07. The minimum Gasteiger partial charge on any atom is -0.326 e. The summed E-state index contributed by atoms with van der Waals surface area (Å²) in [7, 11) is 0. The highest BCUT2D eigenvalue weighted by atomic mass is 16.2. The van der Waals surface area contributed by atoms with Crippen LogP contribution in [0.2, 0.25) is 0 Å². The van der Waals surface area contributed by atoms with E-state index in [2.05, 4.69) is 4.98 Å². The van der Waals surface area contributed by atoms with Crippen molar-refractivity contribution >= 4 is 11.2 Å². The van der Waals surface area contributed by atoms with Crippen LogP contribution in [0.4, 0.5) is 0 Å². The lowest BCUT2D eigenvalue weighted by Gasteiger charge is -2.14. The molecule has 116 valence electrons. The highest BCUT2D eigenvalue weighted by molar-refractivity contribution is 5.70. The average molecular weight is 293 g/mol. The van der Waals surface area contributed by atoms with Gasteiger partial charge in [-0.25, -0.2) is 9.78 Å². The molecule has 2 aromatic rings. The first kappa shape index (κ1) is 15.5. The van der Waals surface area contributed by atoms with Crippen molar-refractivity contribution in [3.63, 3.8) is 0 Å². The lowest BCUT2D eigenvalue weighted by molar-refractivity contribution is 0.488. The van der Waals surface area contributed by atoms with Crippen molar-refractivity contribution in [3.8, 4) is 0 Å². The second-order valence-corrected chi connectivity index (χ2v) is 5.22. The first-order chi connectivity index (χ1) is 10.0. The molecular formula is C14H23N5O2. The molecule has 0 spiro atoms. The van der Waals surface area contributed by atoms with Gasteiger partial charge in [0.05, 0.1) is 6.33 Å². The second-order valence-electron chi connectivity index (χ2n) is 5.22. The molecule has 0 saturated heterocycles. The standard InChI is InChI=1S/C14H23N5O2/c1-4-7-18-12-11(17(6-3)9-16-12)13(20)19(14(18)21)8-10(15)5-2/h9-10H,4-8,15H2,1-3H3. The third-order valence-electron chi connectivity index (χ3n) is 3.71. The van der Waals surface area contributed by atoms with Crippen LogP contribution in [0.3, 0.4) is 0 Å². The predicted molar refractivity (Wildman–Crippen MR) is 82.5 cm³/mol. The van der Waals surface area contributed by atoms with Crippen LogP contribution in [0.15, 0.2) is 15.9 Å². The molecule has 0 aliphatic carbocycles. The van der Waals surface area contributed by atoms with Crippen molar-refractivity contribution in [1.82, 2.24) is 18.7 Å². The molecule has 0 fully saturated rings. The van der Waals surface area contributed by atoms with E-state index >= 15 is 0 Å². The number of imidazole rings is 1. The summed E-state index contributed by atoms with van der Waals surface area (Å²) in [5, 5.41) is 0. The summed E-state index contributed by atoms with van der Waals surface area (Å²) in [4.78, 5) is 29.4. The maximum atomic E-state index is 12.6. The molecular weight excluding hydrogens is 270 g/mol. The Labute approximate surface area is 123 Å². The normalized spacial score (nSPS) is 13.0. The molecule has 2 heterocycles. The van der Waals surface area contributed by atoms with Gasteiger partial charge in [0.2, 0.25) is 0 Å². The number of hydrogen-bond donors (Lipinski definition) is 1. The molecule has 0 amide bonds. The summed E-state index contributed by atoms with van der Waals surface area (Å²) in [5.74, 6) is 0. The third-order valence-corrected chi connectivity index (χ3v) is 3.71. The van der Waals surface area contributed by atoms with E-state index in [-0.39, 0.29) is 23.8 Å². The Kier molecular flexibility index (Phi) is 4.62. The van der Waals surface area contributed by atoms with Crippen LogP contribution >= 0.6 is 0 Å². The van der Waals surface area contributed by atoms with E-state index < -0.39 is 0 Å². The fourth-order valence-corrected chi connectivity index (χ4v) is 2.43. The van der Waals surface area contributed by atoms with Crippen LogP contribution in [0.5, 0.6) is 0 Å². The monoisotopic (exact) mass is 293 g/mol. The van der Waals surface area contributed by atoms with E-state index in [9.17, 15) is 9.59 Å². The zero-order valence-corrected chi connectivity index (χ0v) is 12.9. The predicted octanol–water partition coefficient (Wildman–Crippen LogP) is 0.527. The van der Waals surface area contributed by atoms with E-state index in [1.165, 1.54) is 4.57 Å². The van der Waals surface area contributed by atoms with Crippen LogP contribution in [0.1, 0.15) is 33.6 Å². The van der Waals surface area contributed by atoms with Crippen LogP contribution in [0.25, 0.3) is 11.2 Å². The van der Waals surface area contributed by atoms with Crippen molar-refractivity contribution in [2.45, 2.75) is 59.3 Å². The molecule has 1 atom stereocenters. The van der Waals surface area contributed by atoms with E-state index in [0.29, 0.717) is 30.7 Å². The van der Waals surface area contributed by atoms with Crippen molar-refractivity contribution in [1.29, 1.82) is 0 Å². The van der Waals surface area contributed by atoms with Gasteiger partial charge in [0.25, 0.3) is 5.56 Å². The molecule has 0 aliphatic heterocycles. The number of hydrogen-bond acceptors (Lipinski definition) is 4. The summed E-state index contributed by atoms with van der Waals surface area (Å²) in [6, 6.07) is -0.207. The summed E-state index contributed by atoms with van der Waals surface area (Å²) in [5.41, 5.74) is 6.25. The topological polar surface area (TPSA) is 87.8 Å². The van der Waals surface area contributed by atoms with Gasteiger partial charge in [-0.05, 0) is 19.8 Å². The molecule has 2 rings (SSSR count). The fraction of sp³-hybridized carbons (Fsp3) is 0.643. The van der Waals surface area contributed by atoms with Gasteiger partial charge in [-0.1, -0.05) is 13.8 Å². The number of nitrogens with two attached hydrogens (primary N) is 1. The van der Waals surface area contributed by atoms with Crippen LogP contribution in [0, 0.1) is 0 Å². The minimum atomic E-state index is -0.320. The molecule has 0 aromatic carbocycles. The SMILES string of the molecule is CCCn1c(=O)n(CC(N)CC)c(=O)c2c1ncn2CC. The van der Waals surface area contributed by atoms with Gasteiger partial charge in [0.1, 0.15) is 0 Å². The average Bonchev–Trinajstić information content (AvgIpc) is 2.91. The summed E-state index contributed by atoms with van der Waals surface area (Å²) < 4.78 is 4.60. The first-order valence-corrected chi connectivity index (χ1v) is 7.49. The zero-order valence-electron chi connectivity index (χ0n) is 12.9. The van der Waals surface area contributed by atoms with Gasteiger partial charge in [-0.15, -0.1) is 0 Å². The third kappa shape index (κ3) is 2.65. The summed E-state index contributed by atoms with van der Waals surface area (Å²) >= 11 is 0. The number of fused-ring (bicyclic) bond motifs is 1. The summed E-state index contributed by atoms with van der Waals surface area (Å²) in [6.07, 6.45) is 3.12. The van der Waals surface area contributed by atoms with Gasteiger partial charge in [0, 0.05) is 25.7 Å². The minimum absolute atomic E-state index is 0.207. The molecule has 0 bridgehead atoms. The molecule has 7 nitrogen and oxygen atoms in total. The Morgan fingerprint density at radius 3 is 2.52 bits per heavy atom. The molecule has 0 radical (unpaired) electrons.